The zero-order valence-corrected chi connectivity index (χ0v) is 9.21. The molecule has 15 heavy (non-hydrogen) atoms. The first-order valence-electron chi connectivity index (χ1n) is 4.51. The van der Waals surface area contributed by atoms with Gasteiger partial charge in [0, 0.05) is 0 Å². The molecule has 0 aliphatic rings. The molecule has 0 saturated carbocycles. The highest BCUT2D eigenvalue weighted by molar-refractivity contribution is 7.89. The second-order valence-electron chi connectivity index (χ2n) is 2.96. The first-order valence-corrected chi connectivity index (χ1v) is 6.17. The number of nitrogens with one attached hydrogen (secondary N) is 2. The molecule has 0 atom stereocenters. The maximum Gasteiger partial charge on any atom is 0.402 e. The Morgan fingerprint density at radius 1 is 1.27 bits per heavy atom. The lowest BCUT2D eigenvalue weighted by molar-refractivity contribution is -0.121. The van der Waals surface area contributed by atoms with Crippen molar-refractivity contribution >= 4 is 10.0 Å². The number of hydrogen-bond acceptors (Lipinski definition) is 3. The topological polar surface area (TPSA) is 58.2 Å². The van der Waals surface area contributed by atoms with Gasteiger partial charge < -0.3 is 5.32 Å². The smallest absolute Gasteiger partial charge is 0.317 e. The maximum absolute atomic E-state index is 11.7. The Labute approximate surface area is 87.3 Å². The average molecular weight is 248 g/mol. The van der Waals surface area contributed by atoms with E-state index in [0.29, 0.717) is 19.5 Å². The average Bonchev–Trinajstić information content (AvgIpc) is 2.09. The van der Waals surface area contributed by atoms with Crippen LogP contribution < -0.4 is 10.0 Å². The number of hydrogen-bond donors (Lipinski definition) is 2. The minimum absolute atomic E-state index is 0.293. The highest BCUT2D eigenvalue weighted by atomic mass is 32.2. The molecule has 0 aromatic rings. The van der Waals surface area contributed by atoms with Gasteiger partial charge in [-0.2, -0.15) is 13.2 Å². The van der Waals surface area contributed by atoms with Crippen molar-refractivity contribution < 1.29 is 21.6 Å². The van der Waals surface area contributed by atoms with Crippen LogP contribution in [0.3, 0.4) is 0 Å². The predicted molar refractivity (Wildman–Crippen MR) is 51.0 cm³/mol. The Morgan fingerprint density at radius 3 is 2.33 bits per heavy atom. The molecule has 0 amide bonds. The van der Waals surface area contributed by atoms with Crippen LogP contribution in [-0.4, -0.2) is 40.0 Å². The molecule has 0 saturated heterocycles. The lowest BCUT2D eigenvalue weighted by Crippen LogP contribution is -2.35. The van der Waals surface area contributed by atoms with Gasteiger partial charge in [0.2, 0.25) is 10.0 Å². The molecular formula is C7H15F3N2O2S. The molecule has 0 unspecified atom stereocenters. The lowest BCUT2D eigenvalue weighted by atomic mass is 10.5. The summed E-state index contributed by atoms with van der Waals surface area (Å²) in [5.74, 6) is -0.296. The Bertz CT molecular complexity index is 264. The largest absolute Gasteiger partial charge is 0.402 e. The number of alkyl halides is 3. The normalized spacial score (nSPS) is 13.1. The van der Waals surface area contributed by atoms with Gasteiger partial charge >= 0.3 is 6.18 Å². The predicted octanol–water partition coefficient (Wildman–Crippen LogP) is 0.468. The van der Waals surface area contributed by atoms with Crippen molar-refractivity contribution in [1.82, 2.24) is 10.0 Å². The summed E-state index contributed by atoms with van der Waals surface area (Å²) in [7, 11) is -3.81. The van der Waals surface area contributed by atoms with Gasteiger partial charge in [0.05, 0.1) is 5.75 Å². The van der Waals surface area contributed by atoms with Gasteiger partial charge in [-0.1, -0.05) is 6.92 Å². The van der Waals surface area contributed by atoms with Gasteiger partial charge in [-0.05, 0) is 19.5 Å². The minimum atomic E-state index is -4.51. The Hall–Kier alpha value is -0.340. The third-order valence-corrected chi connectivity index (χ3v) is 2.92. The fraction of sp³-hybridized carbons (Fsp3) is 1.00. The molecular weight excluding hydrogens is 233 g/mol. The summed E-state index contributed by atoms with van der Waals surface area (Å²) in [4.78, 5) is 0. The van der Waals surface area contributed by atoms with Crippen molar-refractivity contribution in [2.45, 2.75) is 19.5 Å². The molecule has 2 N–H and O–H groups in total. The van der Waals surface area contributed by atoms with E-state index in [1.807, 2.05) is 6.92 Å². The number of rotatable bonds is 7. The molecule has 8 heteroatoms. The molecule has 0 rings (SSSR count). The van der Waals surface area contributed by atoms with E-state index in [1.165, 1.54) is 4.72 Å². The van der Waals surface area contributed by atoms with Crippen LogP contribution in [0.25, 0.3) is 0 Å². The SMILES string of the molecule is CCNCCCS(=O)(=O)NCC(F)(F)F. The second-order valence-corrected chi connectivity index (χ2v) is 4.89. The summed E-state index contributed by atoms with van der Waals surface area (Å²) in [5.41, 5.74) is 0. The summed E-state index contributed by atoms with van der Waals surface area (Å²) >= 11 is 0. The van der Waals surface area contributed by atoms with E-state index < -0.39 is 22.7 Å². The van der Waals surface area contributed by atoms with Crippen LogP contribution in [0.2, 0.25) is 0 Å². The third-order valence-electron chi connectivity index (χ3n) is 1.51. The summed E-state index contributed by atoms with van der Waals surface area (Å²) in [6.45, 7) is 1.53. The van der Waals surface area contributed by atoms with Crippen LogP contribution >= 0.6 is 0 Å². The molecule has 0 aromatic heterocycles. The first-order chi connectivity index (χ1) is 6.77. The van der Waals surface area contributed by atoms with Crippen molar-refractivity contribution in [3.8, 4) is 0 Å². The fourth-order valence-corrected chi connectivity index (χ4v) is 1.88. The molecule has 0 radical (unpaired) electrons. The van der Waals surface area contributed by atoms with Gasteiger partial charge in [-0.25, -0.2) is 13.1 Å². The van der Waals surface area contributed by atoms with Gasteiger partial charge in [0.25, 0.3) is 0 Å². The van der Waals surface area contributed by atoms with Crippen molar-refractivity contribution in [3.05, 3.63) is 0 Å². The van der Waals surface area contributed by atoms with Crippen molar-refractivity contribution in [1.29, 1.82) is 0 Å². The molecule has 0 bridgehead atoms. The maximum atomic E-state index is 11.7. The molecule has 0 spiro atoms. The fourth-order valence-electron chi connectivity index (χ4n) is 0.828. The Morgan fingerprint density at radius 2 is 1.87 bits per heavy atom. The number of sulfonamides is 1. The molecule has 0 heterocycles. The van der Waals surface area contributed by atoms with Crippen LogP contribution in [0.5, 0.6) is 0 Å². The van der Waals surface area contributed by atoms with Gasteiger partial charge in [0.15, 0.2) is 0 Å². The van der Waals surface area contributed by atoms with Crippen LogP contribution in [0.4, 0.5) is 13.2 Å². The highest BCUT2D eigenvalue weighted by Gasteiger charge is 2.29. The van der Waals surface area contributed by atoms with Gasteiger partial charge in [-0.3, -0.25) is 0 Å². The molecule has 92 valence electrons. The standard InChI is InChI=1S/C7H15F3N2O2S/c1-2-11-4-3-5-15(13,14)12-6-7(8,9)10/h11-12H,2-6H2,1H3. The highest BCUT2D eigenvalue weighted by Crippen LogP contribution is 2.12. The minimum Gasteiger partial charge on any atom is -0.317 e. The zero-order chi connectivity index (χ0) is 11.9. The number of halogens is 3. The lowest BCUT2D eigenvalue weighted by Gasteiger charge is -2.09. The van der Waals surface area contributed by atoms with Gasteiger partial charge in [-0.15, -0.1) is 0 Å². The van der Waals surface area contributed by atoms with Crippen LogP contribution in [0.1, 0.15) is 13.3 Å². The first kappa shape index (κ1) is 14.7. The van der Waals surface area contributed by atoms with Crippen LogP contribution in [0, 0.1) is 0 Å². The second kappa shape index (κ2) is 6.29. The molecule has 0 aliphatic carbocycles. The van der Waals surface area contributed by atoms with E-state index in [2.05, 4.69) is 5.32 Å². The molecule has 0 aromatic carbocycles. The van der Waals surface area contributed by atoms with Crippen molar-refractivity contribution in [2.24, 2.45) is 0 Å². The van der Waals surface area contributed by atoms with E-state index in [-0.39, 0.29) is 5.75 Å². The van der Waals surface area contributed by atoms with E-state index >= 15 is 0 Å². The van der Waals surface area contributed by atoms with E-state index in [1.54, 1.807) is 0 Å². The quantitative estimate of drug-likeness (QED) is 0.644. The summed E-state index contributed by atoms with van der Waals surface area (Å²) < 4.78 is 58.6. The van der Waals surface area contributed by atoms with Crippen molar-refractivity contribution in [2.75, 3.05) is 25.4 Å². The Balaban J connectivity index is 3.78. The van der Waals surface area contributed by atoms with Crippen LogP contribution in [0.15, 0.2) is 0 Å². The van der Waals surface area contributed by atoms with E-state index in [9.17, 15) is 21.6 Å². The Kier molecular flexibility index (Phi) is 6.15. The molecule has 0 fully saturated rings. The monoisotopic (exact) mass is 248 g/mol. The third kappa shape index (κ3) is 9.95. The summed E-state index contributed by atoms with van der Waals surface area (Å²) in [5, 5.41) is 2.88. The molecule has 0 aliphatic heterocycles. The van der Waals surface area contributed by atoms with Crippen LogP contribution in [-0.2, 0) is 10.0 Å². The summed E-state index contributed by atoms with van der Waals surface area (Å²) in [6.07, 6.45) is -4.21. The van der Waals surface area contributed by atoms with Gasteiger partial charge in [0.1, 0.15) is 6.54 Å². The molecule has 4 nitrogen and oxygen atoms in total. The van der Waals surface area contributed by atoms with E-state index in [0.717, 1.165) is 0 Å². The summed E-state index contributed by atoms with van der Waals surface area (Å²) in [6, 6.07) is 0. The van der Waals surface area contributed by atoms with Crippen molar-refractivity contribution in [3.63, 3.8) is 0 Å². The van der Waals surface area contributed by atoms with E-state index in [4.69, 9.17) is 0 Å². The zero-order valence-electron chi connectivity index (χ0n) is 8.39.